The van der Waals surface area contributed by atoms with Gasteiger partial charge in [-0.15, -0.1) is 0 Å². The number of halogens is 2. The summed E-state index contributed by atoms with van der Waals surface area (Å²) in [7, 11) is 0. The van der Waals surface area contributed by atoms with Gasteiger partial charge in [0.15, 0.2) is 17.2 Å². The third-order valence-electron chi connectivity index (χ3n) is 2.98. The number of fused-ring (bicyclic) bond motifs is 1. The molecule has 0 aliphatic rings. The fourth-order valence-electron chi connectivity index (χ4n) is 2.01. The van der Waals surface area contributed by atoms with Crippen molar-refractivity contribution in [3.8, 4) is 0 Å². The number of hydrogen-bond donors (Lipinski definition) is 1. The number of hydrogen-bond acceptors (Lipinski definition) is 3. The van der Waals surface area contributed by atoms with Crippen molar-refractivity contribution in [2.45, 2.75) is 0 Å². The van der Waals surface area contributed by atoms with Crippen LogP contribution in [0.1, 0.15) is 16.1 Å². The van der Waals surface area contributed by atoms with E-state index in [1.807, 2.05) is 0 Å². The first-order valence-corrected chi connectivity index (χ1v) is 6.63. The Morgan fingerprint density at radius 3 is 2.70 bits per heavy atom. The van der Waals surface area contributed by atoms with E-state index in [2.05, 4.69) is 15.9 Å². The van der Waals surface area contributed by atoms with Crippen molar-refractivity contribution in [3.63, 3.8) is 0 Å². The summed E-state index contributed by atoms with van der Waals surface area (Å²) in [5.74, 6) is -0.796. The Balaban J connectivity index is 2.10. The van der Waals surface area contributed by atoms with Gasteiger partial charge in [0, 0.05) is 21.1 Å². The molecule has 0 aliphatic heterocycles. The topological polar surface area (TPSA) is 56.2 Å². The lowest BCUT2D eigenvalue weighted by molar-refractivity contribution is 0.101. The van der Waals surface area contributed by atoms with Crippen LogP contribution in [0.2, 0.25) is 0 Å². The van der Waals surface area contributed by atoms with Crippen molar-refractivity contribution < 1.29 is 13.6 Å². The molecule has 0 radical (unpaired) electrons. The predicted molar refractivity (Wildman–Crippen MR) is 78.2 cm³/mol. The van der Waals surface area contributed by atoms with Gasteiger partial charge in [-0.25, -0.2) is 4.39 Å². The molecule has 0 saturated heterocycles. The van der Waals surface area contributed by atoms with Crippen LogP contribution in [0.15, 0.2) is 51.4 Å². The van der Waals surface area contributed by atoms with Crippen LogP contribution in [0, 0.1) is 5.82 Å². The zero-order chi connectivity index (χ0) is 14.3. The molecule has 0 saturated carbocycles. The predicted octanol–water partition coefficient (Wildman–Crippen LogP) is 4.15. The van der Waals surface area contributed by atoms with E-state index >= 15 is 0 Å². The van der Waals surface area contributed by atoms with Gasteiger partial charge in [-0.3, -0.25) is 4.79 Å². The Morgan fingerprint density at radius 2 is 2.00 bits per heavy atom. The van der Waals surface area contributed by atoms with Gasteiger partial charge in [0.25, 0.3) is 0 Å². The first kappa shape index (κ1) is 12.9. The fraction of sp³-hybridized carbons (Fsp3) is 0. The van der Waals surface area contributed by atoms with Crippen LogP contribution in [0.3, 0.4) is 0 Å². The highest BCUT2D eigenvalue weighted by Crippen LogP contribution is 2.26. The number of furan rings is 1. The molecule has 1 aromatic heterocycles. The highest BCUT2D eigenvalue weighted by Gasteiger charge is 2.18. The molecule has 5 heteroatoms. The van der Waals surface area contributed by atoms with Gasteiger partial charge < -0.3 is 10.2 Å². The maximum absolute atomic E-state index is 13.6. The smallest absolute Gasteiger partial charge is 0.230 e. The number of carbonyl (C=O) groups is 1. The summed E-state index contributed by atoms with van der Waals surface area (Å²) in [5, 5.41) is 0.545. The van der Waals surface area contributed by atoms with E-state index in [1.165, 1.54) is 12.1 Å². The molecule has 0 atom stereocenters. The number of benzene rings is 2. The number of nitrogens with two attached hydrogens (primary N) is 1. The second kappa shape index (κ2) is 4.76. The number of anilines is 1. The Kier molecular flexibility index (Phi) is 3.06. The molecule has 100 valence electrons. The Bertz CT molecular complexity index is 826. The molecule has 0 unspecified atom stereocenters. The Morgan fingerprint density at radius 1 is 1.20 bits per heavy atom. The Hall–Kier alpha value is -2.14. The van der Waals surface area contributed by atoms with Gasteiger partial charge in [-0.1, -0.05) is 28.1 Å². The molecule has 3 nitrogen and oxygen atoms in total. The molecule has 2 N–H and O–H groups in total. The molecule has 0 amide bonds. The zero-order valence-electron chi connectivity index (χ0n) is 10.2. The molecule has 3 rings (SSSR count). The maximum atomic E-state index is 13.6. The zero-order valence-corrected chi connectivity index (χ0v) is 11.8. The van der Waals surface area contributed by atoms with Crippen molar-refractivity contribution in [1.29, 1.82) is 0 Å². The maximum Gasteiger partial charge on any atom is 0.230 e. The molecular formula is C15H9BrFNO2. The third-order valence-corrected chi connectivity index (χ3v) is 3.47. The lowest BCUT2D eigenvalue weighted by Crippen LogP contribution is -2.04. The van der Waals surface area contributed by atoms with E-state index < -0.39 is 5.82 Å². The molecule has 0 aliphatic carbocycles. The standard InChI is InChI=1S/C15H9BrFNO2/c16-9-4-5-10(12(18)7-9)14(19)13-6-8-2-1-3-11(17)15(8)20-13/h1-7H,18H2. The lowest BCUT2D eigenvalue weighted by Gasteiger charge is -2.02. The minimum absolute atomic E-state index is 0.0686. The summed E-state index contributed by atoms with van der Waals surface area (Å²) in [6, 6.07) is 11.0. The Labute approximate surface area is 122 Å². The summed E-state index contributed by atoms with van der Waals surface area (Å²) in [6.45, 7) is 0. The first-order valence-electron chi connectivity index (χ1n) is 5.84. The van der Waals surface area contributed by atoms with E-state index in [0.29, 0.717) is 16.6 Å². The summed E-state index contributed by atoms with van der Waals surface area (Å²) >= 11 is 3.27. The summed E-state index contributed by atoms with van der Waals surface area (Å²) < 4.78 is 19.6. The van der Waals surface area contributed by atoms with Gasteiger partial charge in [-0.2, -0.15) is 0 Å². The summed E-state index contributed by atoms with van der Waals surface area (Å²) in [6.07, 6.45) is 0. The number of rotatable bonds is 2. The molecule has 2 aromatic carbocycles. The van der Waals surface area contributed by atoms with Crippen LogP contribution in [0.25, 0.3) is 11.0 Å². The average Bonchev–Trinajstić information content (AvgIpc) is 2.83. The van der Waals surface area contributed by atoms with E-state index in [9.17, 15) is 9.18 Å². The highest BCUT2D eigenvalue weighted by atomic mass is 79.9. The minimum atomic E-state index is -0.495. The third kappa shape index (κ3) is 2.10. The number of nitrogen functional groups attached to an aromatic ring is 1. The molecule has 0 bridgehead atoms. The van der Waals surface area contributed by atoms with Crippen LogP contribution in [-0.2, 0) is 0 Å². The summed E-state index contributed by atoms with van der Waals surface area (Å²) in [5.41, 5.74) is 6.56. The van der Waals surface area contributed by atoms with Crippen LogP contribution in [-0.4, -0.2) is 5.78 Å². The number of carbonyl (C=O) groups excluding carboxylic acids is 1. The first-order chi connectivity index (χ1) is 9.56. The monoisotopic (exact) mass is 333 g/mol. The van der Waals surface area contributed by atoms with Crippen molar-refractivity contribution in [3.05, 3.63) is 64.1 Å². The number of para-hydroxylation sites is 1. The fourth-order valence-corrected chi connectivity index (χ4v) is 2.39. The summed E-state index contributed by atoms with van der Waals surface area (Å²) in [4.78, 5) is 12.3. The van der Waals surface area contributed by atoms with Gasteiger partial charge in [0.1, 0.15) is 0 Å². The number of ketones is 1. The SMILES string of the molecule is Nc1cc(Br)ccc1C(=O)c1cc2cccc(F)c2o1. The highest BCUT2D eigenvalue weighted by molar-refractivity contribution is 9.10. The van der Waals surface area contributed by atoms with Gasteiger partial charge >= 0.3 is 0 Å². The van der Waals surface area contributed by atoms with Gasteiger partial charge in [0.05, 0.1) is 0 Å². The molecule has 1 heterocycles. The van der Waals surface area contributed by atoms with Crippen LogP contribution in [0.5, 0.6) is 0 Å². The second-order valence-electron chi connectivity index (χ2n) is 4.33. The second-order valence-corrected chi connectivity index (χ2v) is 5.25. The van der Waals surface area contributed by atoms with Crippen molar-refractivity contribution in [1.82, 2.24) is 0 Å². The van der Waals surface area contributed by atoms with Crippen LogP contribution >= 0.6 is 15.9 Å². The van der Waals surface area contributed by atoms with E-state index in [4.69, 9.17) is 10.2 Å². The van der Waals surface area contributed by atoms with Crippen LogP contribution < -0.4 is 5.73 Å². The molecule has 3 aromatic rings. The van der Waals surface area contributed by atoms with E-state index in [1.54, 1.807) is 30.3 Å². The lowest BCUT2D eigenvalue weighted by atomic mass is 10.1. The molecule has 20 heavy (non-hydrogen) atoms. The quantitative estimate of drug-likeness (QED) is 0.566. The van der Waals surface area contributed by atoms with Crippen molar-refractivity contribution in [2.75, 3.05) is 5.73 Å². The normalized spacial score (nSPS) is 10.9. The van der Waals surface area contributed by atoms with Crippen molar-refractivity contribution >= 4 is 38.4 Å². The molecular weight excluding hydrogens is 325 g/mol. The molecule has 0 fully saturated rings. The van der Waals surface area contributed by atoms with E-state index in [0.717, 1.165) is 4.47 Å². The molecule has 0 spiro atoms. The van der Waals surface area contributed by atoms with Crippen LogP contribution in [0.4, 0.5) is 10.1 Å². The van der Waals surface area contributed by atoms with Gasteiger partial charge in [-0.05, 0) is 30.3 Å². The average molecular weight is 334 g/mol. The van der Waals surface area contributed by atoms with E-state index in [-0.39, 0.29) is 17.1 Å². The van der Waals surface area contributed by atoms with Crippen molar-refractivity contribution in [2.24, 2.45) is 0 Å². The minimum Gasteiger partial charge on any atom is -0.449 e. The van der Waals surface area contributed by atoms with Gasteiger partial charge in [0.2, 0.25) is 5.78 Å². The largest absolute Gasteiger partial charge is 0.449 e.